The van der Waals surface area contributed by atoms with Gasteiger partial charge >= 0.3 is 12.1 Å². The lowest BCUT2D eigenvalue weighted by atomic mass is 10.00. The number of anilines is 1. The molecule has 0 aliphatic carbocycles. The van der Waals surface area contributed by atoms with E-state index in [0.717, 1.165) is 33.6 Å². The van der Waals surface area contributed by atoms with Gasteiger partial charge in [-0.25, -0.2) is 8.42 Å². The van der Waals surface area contributed by atoms with Crippen molar-refractivity contribution in [2.75, 3.05) is 10.8 Å². The number of nitrogens with zero attached hydrogens (tertiary/aromatic N) is 1. The first-order valence-corrected chi connectivity index (χ1v) is 13.4. The van der Waals surface area contributed by atoms with E-state index in [-0.39, 0.29) is 30.8 Å². The summed E-state index contributed by atoms with van der Waals surface area (Å²) in [6, 6.07) is 18.2. The summed E-state index contributed by atoms with van der Waals surface area (Å²) < 4.78 is 74.3. The van der Waals surface area contributed by atoms with Gasteiger partial charge in [-0.1, -0.05) is 55.5 Å². The van der Waals surface area contributed by atoms with E-state index in [1.165, 1.54) is 0 Å². The van der Waals surface area contributed by atoms with E-state index >= 15 is 0 Å². The van der Waals surface area contributed by atoms with E-state index in [9.17, 15) is 26.4 Å². The number of hydrogen-bond donors (Lipinski definition) is 1. The number of rotatable bonds is 8. The minimum atomic E-state index is -4.72. The third kappa shape index (κ3) is 6.02. The molecular weight excluding hydrogens is 519 g/mol. The first-order chi connectivity index (χ1) is 18.0. The van der Waals surface area contributed by atoms with Gasteiger partial charge in [0.1, 0.15) is 11.9 Å². The third-order valence-electron chi connectivity index (χ3n) is 6.21. The smallest absolute Gasteiger partial charge is 0.416 e. The van der Waals surface area contributed by atoms with E-state index in [1.807, 2.05) is 43.3 Å². The first-order valence-electron chi connectivity index (χ1n) is 12.0. The number of fused-ring (bicyclic) bond motifs is 1. The maximum Gasteiger partial charge on any atom is 0.416 e. The second kappa shape index (κ2) is 10.9. The van der Waals surface area contributed by atoms with Crippen LogP contribution in [0.5, 0.6) is 5.75 Å². The van der Waals surface area contributed by atoms with Crippen LogP contribution in [0, 0.1) is 0 Å². The van der Waals surface area contributed by atoms with Crippen LogP contribution in [0.2, 0.25) is 0 Å². The normalized spacial score (nSPS) is 16.1. The molecule has 3 aromatic carbocycles. The van der Waals surface area contributed by atoms with Crippen LogP contribution in [-0.4, -0.2) is 32.1 Å². The molecule has 1 aliphatic rings. The fourth-order valence-electron chi connectivity index (χ4n) is 4.28. The number of hydrogen-bond acceptors (Lipinski definition) is 4. The zero-order valence-electron chi connectivity index (χ0n) is 20.5. The van der Waals surface area contributed by atoms with Crippen LogP contribution in [0.3, 0.4) is 0 Å². The Kier molecular flexibility index (Phi) is 7.82. The second-order valence-corrected chi connectivity index (χ2v) is 10.7. The number of halogens is 3. The third-order valence-corrected chi connectivity index (χ3v) is 7.99. The highest BCUT2D eigenvalue weighted by Crippen LogP contribution is 2.40. The highest BCUT2D eigenvalue weighted by Gasteiger charge is 2.37. The van der Waals surface area contributed by atoms with E-state index < -0.39 is 38.7 Å². The minimum absolute atomic E-state index is 0.0268. The fraction of sp³-hybridized carbons (Fsp3) is 0.250. The summed E-state index contributed by atoms with van der Waals surface area (Å²) in [6.45, 7) is 1.75. The average Bonchev–Trinajstić information content (AvgIpc) is 2.90. The predicted molar refractivity (Wildman–Crippen MR) is 138 cm³/mol. The fourth-order valence-corrected chi connectivity index (χ4v) is 5.83. The van der Waals surface area contributed by atoms with Crippen LogP contribution < -0.4 is 9.04 Å². The van der Waals surface area contributed by atoms with Crippen LogP contribution in [0.4, 0.5) is 18.9 Å². The summed E-state index contributed by atoms with van der Waals surface area (Å²) in [5.74, 6) is -0.864. The number of aliphatic carboxylic acids is 1. The van der Waals surface area contributed by atoms with E-state index in [0.29, 0.717) is 18.1 Å². The molecule has 0 radical (unpaired) electrons. The van der Waals surface area contributed by atoms with Gasteiger partial charge in [0.25, 0.3) is 10.0 Å². The van der Waals surface area contributed by atoms with Gasteiger partial charge in [0, 0.05) is 6.42 Å². The first kappa shape index (κ1) is 27.3. The summed E-state index contributed by atoms with van der Waals surface area (Å²) in [5, 5.41) is 9.09. The van der Waals surface area contributed by atoms with Gasteiger partial charge in [-0.05, 0) is 59.9 Å². The van der Waals surface area contributed by atoms with Crippen molar-refractivity contribution in [1.29, 1.82) is 0 Å². The molecule has 0 aromatic heterocycles. The Hall–Kier alpha value is -3.79. The summed E-state index contributed by atoms with van der Waals surface area (Å²) in [6.07, 6.45) is -3.11. The zero-order chi connectivity index (χ0) is 27.5. The Morgan fingerprint density at radius 3 is 2.47 bits per heavy atom. The number of alkyl halides is 3. The van der Waals surface area contributed by atoms with Gasteiger partial charge < -0.3 is 9.84 Å². The van der Waals surface area contributed by atoms with Gasteiger partial charge in [-0.2, -0.15) is 13.2 Å². The molecule has 1 unspecified atom stereocenters. The molecule has 10 heteroatoms. The van der Waals surface area contributed by atoms with Crippen LogP contribution >= 0.6 is 0 Å². The van der Waals surface area contributed by atoms with E-state index in [1.54, 1.807) is 18.2 Å². The number of allylic oxidation sites excluding steroid dienone is 1. The lowest BCUT2D eigenvalue weighted by Gasteiger charge is -2.35. The maximum atomic E-state index is 13.7. The van der Waals surface area contributed by atoms with Gasteiger partial charge in [0.05, 0.1) is 22.7 Å². The number of sulfonamides is 1. The van der Waals surface area contributed by atoms with Crippen molar-refractivity contribution in [1.82, 2.24) is 0 Å². The van der Waals surface area contributed by atoms with Crippen LogP contribution in [0.1, 0.15) is 42.9 Å². The number of carboxylic acid groups (broad SMARTS) is 1. The molecule has 6 nitrogen and oxygen atoms in total. The predicted octanol–water partition coefficient (Wildman–Crippen LogP) is 6.48. The molecule has 1 heterocycles. The molecule has 0 amide bonds. The number of carbonyl (C=O) groups is 1. The van der Waals surface area contributed by atoms with Crippen molar-refractivity contribution < 1.29 is 36.2 Å². The van der Waals surface area contributed by atoms with Gasteiger partial charge in [0.2, 0.25) is 0 Å². The lowest BCUT2D eigenvalue weighted by molar-refractivity contribution is -0.138. The van der Waals surface area contributed by atoms with Gasteiger partial charge in [-0.15, -0.1) is 0 Å². The molecule has 0 saturated carbocycles. The van der Waals surface area contributed by atoms with Crippen LogP contribution in [-0.2, 0) is 21.0 Å². The number of carboxylic acids is 1. The summed E-state index contributed by atoms with van der Waals surface area (Å²) >= 11 is 0. The molecule has 3 aromatic rings. The monoisotopic (exact) mass is 545 g/mol. The highest BCUT2D eigenvalue weighted by molar-refractivity contribution is 7.92. The Labute approximate surface area is 219 Å². The second-order valence-electron chi connectivity index (χ2n) is 8.85. The summed E-state index contributed by atoms with van der Waals surface area (Å²) in [5.41, 5.74) is 1.79. The van der Waals surface area contributed by atoms with Crippen molar-refractivity contribution in [3.63, 3.8) is 0 Å². The maximum absolute atomic E-state index is 13.7. The van der Waals surface area contributed by atoms with Crippen LogP contribution in [0.25, 0.3) is 11.6 Å². The molecule has 38 heavy (non-hydrogen) atoms. The SMILES string of the molecule is CCC(=Cc1ccc2c(c1)N(S(=O)(=O)c1cccc(C(F)(F)F)c1)CC(CCC(=O)O)O2)c1ccccc1. The molecule has 0 fully saturated rings. The number of ether oxygens (including phenoxy) is 1. The zero-order valence-corrected chi connectivity index (χ0v) is 21.3. The molecule has 200 valence electrons. The highest BCUT2D eigenvalue weighted by atomic mass is 32.2. The van der Waals surface area contributed by atoms with Crippen molar-refractivity contribution in [3.8, 4) is 5.75 Å². The molecule has 4 rings (SSSR count). The van der Waals surface area contributed by atoms with Crippen molar-refractivity contribution >= 4 is 33.3 Å². The Bertz CT molecular complexity index is 1450. The Morgan fingerprint density at radius 2 is 1.82 bits per heavy atom. The summed E-state index contributed by atoms with van der Waals surface area (Å²) in [4.78, 5) is 10.6. The molecule has 0 spiro atoms. The average molecular weight is 546 g/mol. The standard InChI is InChI=1S/C28H26F3NO5S/c1-2-20(21-7-4-3-5-8-21)15-19-11-13-26-25(16-19)32(18-23(37-26)12-14-27(33)34)38(35,36)24-10-6-9-22(17-24)28(29,30)31/h3-11,13,15-17,23H,2,12,14,18H2,1H3,(H,33,34). The van der Waals surface area contributed by atoms with Crippen molar-refractivity contribution in [2.45, 2.75) is 43.4 Å². The molecule has 1 atom stereocenters. The van der Waals surface area contributed by atoms with Crippen molar-refractivity contribution in [3.05, 3.63) is 89.5 Å². The topological polar surface area (TPSA) is 83.9 Å². The molecular formula is C28H26F3NO5S. The Balaban J connectivity index is 1.79. The summed E-state index contributed by atoms with van der Waals surface area (Å²) in [7, 11) is -4.45. The lowest BCUT2D eigenvalue weighted by Crippen LogP contribution is -2.43. The minimum Gasteiger partial charge on any atom is -0.486 e. The van der Waals surface area contributed by atoms with Crippen LogP contribution in [0.15, 0.2) is 77.7 Å². The van der Waals surface area contributed by atoms with E-state index in [2.05, 4.69) is 0 Å². The van der Waals surface area contributed by atoms with Gasteiger partial charge in [-0.3, -0.25) is 9.10 Å². The molecule has 0 saturated heterocycles. The van der Waals surface area contributed by atoms with Crippen molar-refractivity contribution in [2.24, 2.45) is 0 Å². The molecule has 0 bridgehead atoms. The van der Waals surface area contributed by atoms with E-state index in [4.69, 9.17) is 9.84 Å². The Morgan fingerprint density at radius 1 is 1.08 bits per heavy atom. The number of benzene rings is 3. The quantitative estimate of drug-likeness (QED) is 0.328. The molecule has 1 aliphatic heterocycles. The largest absolute Gasteiger partial charge is 0.486 e. The molecule has 1 N–H and O–H groups in total. The van der Waals surface area contributed by atoms with Gasteiger partial charge in [0.15, 0.2) is 0 Å².